The number of halogens is 1. The fourth-order valence-electron chi connectivity index (χ4n) is 1.59. The molecule has 1 aromatic carbocycles. The predicted octanol–water partition coefficient (Wildman–Crippen LogP) is 2.46. The van der Waals surface area contributed by atoms with Gasteiger partial charge in [0.2, 0.25) is 0 Å². The summed E-state index contributed by atoms with van der Waals surface area (Å²) >= 11 is 5.81. The maximum Gasteiger partial charge on any atom is 0.181 e. The van der Waals surface area contributed by atoms with Crippen LogP contribution >= 0.6 is 11.6 Å². The van der Waals surface area contributed by atoms with Gasteiger partial charge in [0.1, 0.15) is 6.61 Å². The van der Waals surface area contributed by atoms with Crippen LogP contribution in [0, 0.1) is 11.3 Å². The molecule has 0 radical (unpaired) electrons. The van der Waals surface area contributed by atoms with Crippen molar-refractivity contribution in [3.63, 3.8) is 0 Å². The molecule has 5 nitrogen and oxygen atoms in total. The monoisotopic (exact) mass is 322 g/mol. The smallest absolute Gasteiger partial charge is 0.181 e. The van der Waals surface area contributed by atoms with E-state index in [1.165, 1.54) is 30.5 Å². The van der Waals surface area contributed by atoms with Gasteiger partial charge in [-0.25, -0.2) is 13.4 Å². The van der Waals surface area contributed by atoms with Crippen molar-refractivity contribution in [3.8, 4) is 11.8 Å². The average molecular weight is 323 g/mol. The SMILES string of the molecule is N#Cc1ccc(S(=O)(=O)CCOc2cccnc2Cl)cc1. The van der Waals surface area contributed by atoms with Crippen LogP contribution in [0.5, 0.6) is 5.75 Å². The number of sulfone groups is 1. The van der Waals surface area contributed by atoms with E-state index in [1.54, 1.807) is 12.1 Å². The third-order valence-corrected chi connectivity index (χ3v) is 4.66. The summed E-state index contributed by atoms with van der Waals surface area (Å²) in [7, 11) is -3.47. The standard InChI is InChI=1S/C14H11ClN2O3S/c15-14-13(2-1-7-17-14)20-8-9-21(18,19)12-5-3-11(10-16)4-6-12/h1-7H,8-9H2. The highest BCUT2D eigenvalue weighted by Gasteiger charge is 2.15. The van der Waals surface area contributed by atoms with Gasteiger partial charge in [0, 0.05) is 6.20 Å². The third kappa shape index (κ3) is 3.94. The van der Waals surface area contributed by atoms with Crippen LogP contribution in [0.4, 0.5) is 0 Å². The summed E-state index contributed by atoms with van der Waals surface area (Å²) in [5.74, 6) is 0.151. The second-order valence-corrected chi connectivity index (χ2v) is 6.56. The average Bonchev–Trinajstić information content (AvgIpc) is 2.49. The van der Waals surface area contributed by atoms with E-state index in [1.807, 2.05) is 6.07 Å². The van der Waals surface area contributed by atoms with Gasteiger partial charge in [-0.05, 0) is 36.4 Å². The summed E-state index contributed by atoms with van der Waals surface area (Å²) in [5, 5.41) is 8.88. The lowest BCUT2D eigenvalue weighted by molar-refractivity contribution is 0.339. The summed E-state index contributed by atoms with van der Waals surface area (Å²) in [6, 6.07) is 10.9. The molecule has 108 valence electrons. The van der Waals surface area contributed by atoms with E-state index in [0.717, 1.165) is 0 Å². The van der Waals surface area contributed by atoms with Crippen LogP contribution < -0.4 is 4.74 Å². The van der Waals surface area contributed by atoms with Gasteiger partial charge < -0.3 is 4.74 Å². The number of pyridine rings is 1. The van der Waals surface area contributed by atoms with Crippen molar-refractivity contribution in [2.45, 2.75) is 4.90 Å². The maximum atomic E-state index is 12.1. The lowest BCUT2D eigenvalue weighted by Crippen LogP contribution is -2.14. The molecule has 1 aromatic heterocycles. The van der Waals surface area contributed by atoms with E-state index < -0.39 is 9.84 Å². The van der Waals surface area contributed by atoms with Gasteiger partial charge in [-0.15, -0.1) is 0 Å². The Morgan fingerprint density at radius 3 is 2.57 bits per heavy atom. The number of nitrogens with zero attached hydrogens (tertiary/aromatic N) is 2. The molecule has 2 aromatic rings. The molecule has 0 unspecified atom stereocenters. The first-order valence-electron chi connectivity index (χ1n) is 5.99. The number of aromatic nitrogens is 1. The molecule has 0 aliphatic heterocycles. The Kier molecular flexibility index (Phi) is 4.78. The van der Waals surface area contributed by atoms with Crippen molar-refractivity contribution in [1.29, 1.82) is 5.26 Å². The van der Waals surface area contributed by atoms with E-state index in [2.05, 4.69) is 4.98 Å². The molecule has 0 fully saturated rings. The fraction of sp³-hybridized carbons (Fsp3) is 0.143. The maximum absolute atomic E-state index is 12.1. The first kappa shape index (κ1) is 15.3. The Bertz CT molecular complexity index is 768. The minimum absolute atomic E-state index is 0.0340. The molecular weight excluding hydrogens is 312 g/mol. The van der Waals surface area contributed by atoms with E-state index in [-0.39, 0.29) is 22.4 Å². The first-order chi connectivity index (χ1) is 10.0. The van der Waals surface area contributed by atoms with E-state index in [0.29, 0.717) is 11.3 Å². The largest absolute Gasteiger partial charge is 0.489 e. The first-order valence-corrected chi connectivity index (χ1v) is 8.02. The van der Waals surface area contributed by atoms with Gasteiger partial charge in [0.05, 0.1) is 22.3 Å². The predicted molar refractivity (Wildman–Crippen MR) is 78.0 cm³/mol. The Balaban J connectivity index is 2.01. The molecule has 0 aliphatic rings. The summed E-state index contributed by atoms with van der Waals surface area (Å²) in [6.45, 7) is -0.0340. The lowest BCUT2D eigenvalue weighted by Gasteiger charge is -2.08. The van der Waals surface area contributed by atoms with Crippen LogP contribution in [-0.4, -0.2) is 25.8 Å². The van der Waals surface area contributed by atoms with Crippen LogP contribution in [-0.2, 0) is 9.84 Å². The molecular formula is C14H11ClN2O3S. The van der Waals surface area contributed by atoms with Gasteiger partial charge >= 0.3 is 0 Å². The number of nitriles is 1. The third-order valence-electron chi connectivity index (χ3n) is 2.68. The van der Waals surface area contributed by atoms with Gasteiger partial charge in [0.25, 0.3) is 0 Å². The minimum Gasteiger partial charge on any atom is -0.489 e. The number of hydrogen-bond acceptors (Lipinski definition) is 5. The van der Waals surface area contributed by atoms with Crippen LogP contribution in [0.1, 0.15) is 5.56 Å². The van der Waals surface area contributed by atoms with Crippen molar-refractivity contribution in [2.75, 3.05) is 12.4 Å². The Morgan fingerprint density at radius 2 is 1.95 bits per heavy atom. The molecule has 2 rings (SSSR count). The quantitative estimate of drug-likeness (QED) is 0.790. The molecule has 0 saturated heterocycles. The van der Waals surface area contributed by atoms with E-state index >= 15 is 0 Å². The van der Waals surface area contributed by atoms with Gasteiger partial charge in [-0.3, -0.25) is 0 Å². The molecule has 21 heavy (non-hydrogen) atoms. The van der Waals surface area contributed by atoms with Crippen LogP contribution in [0.3, 0.4) is 0 Å². The van der Waals surface area contributed by atoms with Crippen LogP contribution in [0.15, 0.2) is 47.5 Å². The van der Waals surface area contributed by atoms with Crippen LogP contribution in [0.2, 0.25) is 5.15 Å². The molecule has 0 bridgehead atoms. The fourth-order valence-corrected chi connectivity index (χ4v) is 2.86. The zero-order chi connectivity index (χ0) is 15.3. The summed E-state index contributed by atoms with van der Waals surface area (Å²) in [4.78, 5) is 3.99. The molecule has 0 atom stereocenters. The normalized spacial score (nSPS) is 10.9. The topological polar surface area (TPSA) is 80.0 Å². The van der Waals surface area contributed by atoms with E-state index in [9.17, 15) is 8.42 Å². The van der Waals surface area contributed by atoms with E-state index in [4.69, 9.17) is 21.6 Å². The van der Waals surface area contributed by atoms with Gasteiger partial charge in [-0.2, -0.15) is 5.26 Å². The van der Waals surface area contributed by atoms with Crippen molar-refractivity contribution < 1.29 is 13.2 Å². The zero-order valence-corrected chi connectivity index (χ0v) is 12.4. The molecule has 7 heteroatoms. The Morgan fingerprint density at radius 1 is 1.24 bits per heavy atom. The lowest BCUT2D eigenvalue weighted by atomic mass is 10.2. The highest BCUT2D eigenvalue weighted by atomic mass is 35.5. The Hall–Kier alpha value is -2.10. The van der Waals surface area contributed by atoms with Gasteiger partial charge in [-0.1, -0.05) is 11.6 Å². The second kappa shape index (κ2) is 6.57. The number of hydrogen-bond donors (Lipinski definition) is 0. The minimum atomic E-state index is -3.47. The van der Waals surface area contributed by atoms with Crippen molar-refractivity contribution in [1.82, 2.24) is 4.98 Å². The van der Waals surface area contributed by atoms with Crippen molar-refractivity contribution in [2.24, 2.45) is 0 Å². The zero-order valence-electron chi connectivity index (χ0n) is 10.9. The molecule has 0 spiro atoms. The van der Waals surface area contributed by atoms with Crippen molar-refractivity contribution in [3.05, 3.63) is 53.3 Å². The summed E-state index contributed by atoms with van der Waals surface area (Å²) < 4.78 is 29.5. The molecule has 0 amide bonds. The molecule has 1 heterocycles. The molecule has 0 saturated carbocycles. The number of ether oxygens (including phenoxy) is 1. The summed E-state index contributed by atoms with van der Waals surface area (Å²) in [6.07, 6.45) is 1.52. The molecule has 0 N–H and O–H groups in total. The summed E-state index contributed by atoms with van der Waals surface area (Å²) in [5.41, 5.74) is 0.410. The van der Waals surface area contributed by atoms with Crippen LogP contribution in [0.25, 0.3) is 0 Å². The molecule has 0 aliphatic carbocycles. The second-order valence-electron chi connectivity index (χ2n) is 4.10. The van der Waals surface area contributed by atoms with Crippen molar-refractivity contribution >= 4 is 21.4 Å². The highest BCUT2D eigenvalue weighted by molar-refractivity contribution is 7.91. The highest BCUT2D eigenvalue weighted by Crippen LogP contribution is 2.20. The Labute approximate surface area is 127 Å². The number of benzene rings is 1. The van der Waals surface area contributed by atoms with Gasteiger partial charge in [0.15, 0.2) is 20.7 Å². The number of rotatable bonds is 5.